The molecular weight excluding hydrogens is 360 g/mol. The first-order chi connectivity index (χ1) is 12.5. The lowest BCUT2D eigenvalue weighted by molar-refractivity contribution is -0.147. The van der Waals surface area contributed by atoms with E-state index in [1.54, 1.807) is 24.3 Å². The van der Waals surface area contributed by atoms with Gasteiger partial charge in [-0.3, -0.25) is 25.2 Å². The van der Waals surface area contributed by atoms with Crippen molar-refractivity contribution in [3.63, 3.8) is 0 Å². The third-order valence-corrected chi connectivity index (χ3v) is 4.87. The van der Waals surface area contributed by atoms with E-state index in [4.69, 9.17) is 20.8 Å². The van der Waals surface area contributed by atoms with E-state index >= 15 is 0 Å². The molecule has 3 rings (SSSR count). The Morgan fingerprint density at radius 1 is 1.08 bits per heavy atom. The van der Waals surface area contributed by atoms with E-state index in [-0.39, 0.29) is 29.5 Å². The summed E-state index contributed by atoms with van der Waals surface area (Å²) in [7, 11) is 1.36. The molecular formula is C18H19ClN2O5. The Hall–Kier alpha value is -2.54. The highest BCUT2D eigenvalue weighted by Gasteiger charge is 2.30. The number of hydrazine groups is 1. The van der Waals surface area contributed by atoms with Crippen LogP contribution in [-0.2, 0) is 14.3 Å². The second-order valence-electron chi connectivity index (χ2n) is 6.31. The van der Waals surface area contributed by atoms with E-state index in [1.807, 2.05) is 0 Å². The number of amides is 2. The summed E-state index contributed by atoms with van der Waals surface area (Å²) in [4.78, 5) is 35.9. The fourth-order valence-electron chi connectivity index (χ4n) is 3.17. The fraction of sp³-hybridized carbons (Fsp3) is 0.389. The van der Waals surface area contributed by atoms with E-state index in [9.17, 15) is 14.4 Å². The van der Waals surface area contributed by atoms with Gasteiger partial charge in [0.05, 0.1) is 13.0 Å². The molecule has 1 aromatic heterocycles. The van der Waals surface area contributed by atoms with Crippen LogP contribution in [0, 0.1) is 11.8 Å². The number of hydrogen-bond acceptors (Lipinski definition) is 5. The summed E-state index contributed by atoms with van der Waals surface area (Å²) in [6.45, 7) is 0. The number of fused-ring (bicyclic) bond motifs is 1. The summed E-state index contributed by atoms with van der Waals surface area (Å²) in [5.41, 5.74) is 5.32. The molecule has 1 aliphatic rings. The number of furan rings is 1. The first kappa shape index (κ1) is 18.3. The van der Waals surface area contributed by atoms with Crippen molar-refractivity contribution in [2.24, 2.45) is 11.8 Å². The van der Waals surface area contributed by atoms with Gasteiger partial charge in [-0.25, -0.2) is 0 Å². The van der Waals surface area contributed by atoms with Crippen LogP contribution in [0.3, 0.4) is 0 Å². The molecule has 26 heavy (non-hydrogen) atoms. The van der Waals surface area contributed by atoms with Gasteiger partial charge >= 0.3 is 11.9 Å². The van der Waals surface area contributed by atoms with Crippen LogP contribution >= 0.6 is 11.6 Å². The minimum absolute atomic E-state index is 0.0805. The third kappa shape index (κ3) is 3.99. The van der Waals surface area contributed by atoms with Crippen LogP contribution in [0.5, 0.6) is 0 Å². The number of ether oxygens (including phenoxy) is 1. The first-order valence-electron chi connectivity index (χ1n) is 8.35. The third-order valence-electron chi connectivity index (χ3n) is 4.63. The van der Waals surface area contributed by atoms with Crippen molar-refractivity contribution in [2.45, 2.75) is 25.7 Å². The standard InChI is InChI=1S/C18H19ClN2O5/c1-25-18(24)11-4-2-10(3-5-11)16(22)20-21-17(23)15-9-12-8-13(19)6-7-14(12)26-15/h6-11H,2-5H2,1H3,(H,20,22)(H,21,23). The molecule has 138 valence electrons. The summed E-state index contributed by atoms with van der Waals surface area (Å²) in [6.07, 6.45) is 2.35. The number of rotatable bonds is 3. The number of carbonyl (C=O) groups is 3. The zero-order chi connectivity index (χ0) is 18.7. The van der Waals surface area contributed by atoms with Crippen molar-refractivity contribution >= 4 is 40.4 Å². The highest BCUT2D eigenvalue weighted by Crippen LogP contribution is 2.29. The summed E-state index contributed by atoms with van der Waals surface area (Å²) in [5, 5.41) is 1.25. The van der Waals surface area contributed by atoms with E-state index in [0.29, 0.717) is 41.7 Å². The zero-order valence-electron chi connectivity index (χ0n) is 14.2. The molecule has 7 nitrogen and oxygen atoms in total. The summed E-state index contributed by atoms with van der Waals surface area (Å²) in [6, 6.07) is 6.59. The second-order valence-corrected chi connectivity index (χ2v) is 6.74. The molecule has 0 spiro atoms. The van der Waals surface area contributed by atoms with E-state index < -0.39 is 5.91 Å². The lowest BCUT2D eigenvalue weighted by Gasteiger charge is -2.25. The van der Waals surface area contributed by atoms with Gasteiger partial charge in [0.15, 0.2) is 5.76 Å². The molecule has 2 amide bonds. The van der Waals surface area contributed by atoms with Crippen LogP contribution < -0.4 is 10.9 Å². The number of carbonyl (C=O) groups excluding carboxylic acids is 3. The number of halogens is 1. The van der Waals surface area contributed by atoms with Crippen molar-refractivity contribution in [3.8, 4) is 0 Å². The van der Waals surface area contributed by atoms with Gasteiger partial charge in [0.1, 0.15) is 5.58 Å². The molecule has 0 atom stereocenters. The SMILES string of the molecule is COC(=O)C1CCC(C(=O)NNC(=O)c2cc3cc(Cl)ccc3o2)CC1. The number of nitrogens with one attached hydrogen (secondary N) is 2. The van der Waals surface area contributed by atoms with Gasteiger partial charge < -0.3 is 9.15 Å². The van der Waals surface area contributed by atoms with E-state index in [1.165, 1.54) is 7.11 Å². The molecule has 0 bridgehead atoms. The van der Waals surface area contributed by atoms with E-state index in [2.05, 4.69) is 10.9 Å². The van der Waals surface area contributed by atoms with Crippen LogP contribution in [0.15, 0.2) is 28.7 Å². The van der Waals surface area contributed by atoms with Gasteiger partial charge in [-0.15, -0.1) is 0 Å². The Balaban J connectivity index is 1.52. The second kappa shape index (κ2) is 7.78. The largest absolute Gasteiger partial charge is 0.469 e. The topological polar surface area (TPSA) is 97.6 Å². The molecule has 1 aromatic carbocycles. The molecule has 0 saturated heterocycles. The minimum atomic E-state index is -0.547. The van der Waals surface area contributed by atoms with Crippen molar-refractivity contribution in [1.29, 1.82) is 0 Å². The molecule has 0 unspecified atom stereocenters. The Kier molecular flexibility index (Phi) is 5.46. The maximum Gasteiger partial charge on any atom is 0.308 e. The molecule has 0 aliphatic heterocycles. The Morgan fingerprint density at radius 2 is 1.77 bits per heavy atom. The lowest BCUT2D eigenvalue weighted by atomic mass is 9.82. The summed E-state index contributed by atoms with van der Waals surface area (Å²) >= 11 is 5.91. The first-order valence-corrected chi connectivity index (χ1v) is 8.73. The normalized spacial score (nSPS) is 19.8. The average molecular weight is 379 g/mol. The minimum Gasteiger partial charge on any atom is -0.469 e. The van der Waals surface area contributed by atoms with Gasteiger partial charge in [-0.05, 0) is 49.9 Å². The van der Waals surface area contributed by atoms with Crippen molar-refractivity contribution in [2.75, 3.05) is 7.11 Å². The molecule has 8 heteroatoms. The van der Waals surface area contributed by atoms with Crippen molar-refractivity contribution in [1.82, 2.24) is 10.9 Å². The number of hydrogen-bond donors (Lipinski definition) is 2. The smallest absolute Gasteiger partial charge is 0.308 e. The van der Waals surface area contributed by atoms with Gasteiger partial charge in [0.25, 0.3) is 0 Å². The molecule has 0 radical (unpaired) electrons. The Morgan fingerprint density at radius 3 is 2.46 bits per heavy atom. The fourth-order valence-corrected chi connectivity index (χ4v) is 3.35. The maximum atomic E-state index is 12.2. The van der Waals surface area contributed by atoms with Crippen molar-refractivity contribution in [3.05, 3.63) is 35.0 Å². The van der Waals surface area contributed by atoms with Crippen molar-refractivity contribution < 1.29 is 23.5 Å². The molecule has 1 aliphatic carbocycles. The zero-order valence-corrected chi connectivity index (χ0v) is 15.0. The average Bonchev–Trinajstić information content (AvgIpc) is 3.08. The van der Waals surface area contributed by atoms with Gasteiger partial charge in [-0.1, -0.05) is 11.6 Å². The molecule has 1 heterocycles. The molecule has 2 aromatic rings. The quantitative estimate of drug-likeness (QED) is 0.632. The molecule has 2 N–H and O–H groups in total. The van der Waals surface area contributed by atoms with Crippen LogP contribution in [0.25, 0.3) is 11.0 Å². The predicted octanol–water partition coefficient (Wildman–Crippen LogP) is 2.83. The highest BCUT2D eigenvalue weighted by atomic mass is 35.5. The number of benzene rings is 1. The van der Waals surface area contributed by atoms with Gasteiger partial charge in [0, 0.05) is 16.3 Å². The lowest BCUT2D eigenvalue weighted by Crippen LogP contribution is -2.45. The maximum absolute atomic E-state index is 12.2. The predicted molar refractivity (Wildman–Crippen MR) is 94.3 cm³/mol. The number of esters is 1. The van der Waals surface area contributed by atoms with E-state index in [0.717, 1.165) is 0 Å². The monoisotopic (exact) mass is 378 g/mol. The van der Waals surface area contributed by atoms with Crippen LogP contribution in [-0.4, -0.2) is 24.9 Å². The van der Waals surface area contributed by atoms with Gasteiger partial charge in [-0.2, -0.15) is 0 Å². The van der Waals surface area contributed by atoms with Crippen LogP contribution in [0.1, 0.15) is 36.2 Å². The Bertz CT molecular complexity index is 839. The summed E-state index contributed by atoms with van der Waals surface area (Å²) < 4.78 is 10.2. The molecule has 1 fully saturated rings. The van der Waals surface area contributed by atoms with Crippen LogP contribution in [0.4, 0.5) is 0 Å². The molecule has 1 saturated carbocycles. The Labute approximate surface area is 155 Å². The number of methoxy groups -OCH3 is 1. The highest BCUT2D eigenvalue weighted by molar-refractivity contribution is 6.31. The summed E-state index contributed by atoms with van der Waals surface area (Å²) in [5.74, 6) is -1.37. The van der Waals surface area contributed by atoms with Gasteiger partial charge in [0.2, 0.25) is 5.91 Å². The van der Waals surface area contributed by atoms with Crippen LogP contribution in [0.2, 0.25) is 5.02 Å².